The molecule has 0 spiro atoms. The van der Waals surface area contributed by atoms with Crippen molar-refractivity contribution in [1.82, 2.24) is 9.62 Å². The monoisotopic (exact) mass is 312 g/mol. The topological polar surface area (TPSA) is 49.4 Å². The molecule has 0 radical (unpaired) electrons. The molecule has 1 unspecified atom stereocenters. The average Bonchev–Trinajstić information content (AvgIpc) is 2.47. The fraction of sp³-hybridized carbons (Fsp3) is 0.625. The highest BCUT2D eigenvalue weighted by molar-refractivity contribution is 7.89. The summed E-state index contributed by atoms with van der Waals surface area (Å²) in [6.45, 7) is 8.44. The molecule has 0 heterocycles. The first kappa shape index (κ1) is 18.1. The van der Waals surface area contributed by atoms with Gasteiger partial charge in [0.15, 0.2) is 0 Å². The van der Waals surface area contributed by atoms with Crippen molar-refractivity contribution in [1.29, 1.82) is 0 Å². The van der Waals surface area contributed by atoms with Gasteiger partial charge in [-0.25, -0.2) is 12.7 Å². The van der Waals surface area contributed by atoms with E-state index in [-0.39, 0.29) is 0 Å². The van der Waals surface area contributed by atoms with Gasteiger partial charge in [-0.15, -0.1) is 0 Å². The van der Waals surface area contributed by atoms with Gasteiger partial charge < -0.3 is 5.32 Å². The van der Waals surface area contributed by atoms with E-state index < -0.39 is 10.0 Å². The van der Waals surface area contributed by atoms with Gasteiger partial charge in [0, 0.05) is 20.1 Å². The van der Waals surface area contributed by atoms with E-state index in [1.807, 2.05) is 12.1 Å². The molecule has 0 saturated carbocycles. The summed E-state index contributed by atoms with van der Waals surface area (Å²) < 4.78 is 26.6. The maximum atomic E-state index is 12.6. The molecule has 1 rings (SSSR count). The Bertz CT molecular complexity index is 529. The summed E-state index contributed by atoms with van der Waals surface area (Å²) in [5.74, 6) is 0.360. The van der Waals surface area contributed by atoms with Crippen LogP contribution in [0, 0.1) is 5.92 Å². The van der Waals surface area contributed by atoms with E-state index >= 15 is 0 Å². The number of sulfonamides is 1. The maximum Gasteiger partial charge on any atom is 0.242 e. The van der Waals surface area contributed by atoms with Crippen LogP contribution in [0.15, 0.2) is 29.2 Å². The third-order valence-corrected chi connectivity index (χ3v) is 5.45. The van der Waals surface area contributed by atoms with E-state index in [0.29, 0.717) is 23.9 Å². The fourth-order valence-corrected chi connectivity index (χ4v) is 3.43. The fourth-order valence-electron chi connectivity index (χ4n) is 2.07. The Balaban J connectivity index is 2.85. The highest BCUT2D eigenvalue weighted by Gasteiger charge is 2.22. The zero-order valence-corrected chi connectivity index (χ0v) is 14.4. The van der Waals surface area contributed by atoms with Gasteiger partial charge in [0.05, 0.1) is 4.90 Å². The van der Waals surface area contributed by atoms with E-state index in [1.54, 1.807) is 19.2 Å². The van der Waals surface area contributed by atoms with Crippen molar-refractivity contribution in [3.8, 4) is 0 Å². The Kier molecular flexibility index (Phi) is 7.35. The quantitative estimate of drug-likeness (QED) is 0.713. The minimum absolute atomic E-state index is 0.360. The molecule has 0 aliphatic rings. The molecule has 0 aliphatic heterocycles. The smallest absolute Gasteiger partial charge is 0.242 e. The second-order valence-corrected chi connectivity index (χ2v) is 7.67. The lowest BCUT2D eigenvalue weighted by atomic mass is 10.1. The summed E-state index contributed by atoms with van der Waals surface area (Å²) >= 11 is 0. The molecule has 1 N–H and O–H groups in total. The Morgan fingerprint density at radius 3 is 2.62 bits per heavy atom. The molecule has 0 aliphatic carbocycles. The molecule has 4 nitrogen and oxygen atoms in total. The van der Waals surface area contributed by atoms with Gasteiger partial charge in [-0.2, -0.15) is 0 Å². The second kappa shape index (κ2) is 8.51. The molecule has 0 saturated heterocycles. The van der Waals surface area contributed by atoms with E-state index in [4.69, 9.17) is 0 Å². The van der Waals surface area contributed by atoms with Crippen molar-refractivity contribution in [3.63, 3.8) is 0 Å². The third-order valence-electron chi connectivity index (χ3n) is 3.63. The van der Waals surface area contributed by atoms with Crippen molar-refractivity contribution in [2.24, 2.45) is 5.92 Å². The van der Waals surface area contributed by atoms with Gasteiger partial charge in [-0.1, -0.05) is 39.3 Å². The van der Waals surface area contributed by atoms with Crippen molar-refractivity contribution in [2.45, 2.75) is 45.1 Å². The van der Waals surface area contributed by atoms with E-state index in [0.717, 1.165) is 24.9 Å². The lowest BCUT2D eigenvalue weighted by Gasteiger charge is -2.20. The first-order valence-corrected chi connectivity index (χ1v) is 9.11. The summed E-state index contributed by atoms with van der Waals surface area (Å²) in [5, 5.41) is 3.29. The van der Waals surface area contributed by atoms with Crippen molar-refractivity contribution in [3.05, 3.63) is 29.8 Å². The molecule has 1 aromatic carbocycles. The summed E-state index contributed by atoms with van der Waals surface area (Å²) in [6, 6.07) is 7.21. The van der Waals surface area contributed by atoms with Crippen LogP contribution < -0.4 is 5.32 Å². The first-order valence-electron chi connectivity index (χ1n) is 7.67. The van der Waals surface area contributed by atoms with Gasteiger partial charge >= 0.3 is 0 Å². The molecule has 120 valence electrons. The predicted molar refractivity (Wildman–Crippen MR) is 87.7 cm³/mol. The zero-order chi connectivity index (χ0) is 15.9. The molecule has 0 aromatic heterocycles. The van der Waals surface area contributed by atoms with Crippen LogP contribution in [0.1, 0.15) is 39.2 Å². The average molecular weight is 312 g/mol. The molecule has 21 heavy (non-hydrogen) atoms. The Hall–Kier alpha value is -0.910. The first-order chi connectivity index (χ1) is 9.91. The highest BCUT2D eigenvalue weighted by atomic mass is 32.2. The summed E-state index contributed by atoms with van der Waals surface area (Å²) in [6.07, 6.45) is 2.04. The number of rotatable bonds is 9. The van der Waals surface area contributed by atoms with Crippen LogP contribution in [0.3, 0.4) is 0 Å². The van der Waals surface area contributed by atoms with Gasteiger partial charge in [-0.3, -0.25) is 0 Å². The lowest BCUT2D eigenvalue weighted by molar-refractivity contribution is 0.393. The van der Waals surface area contributed by atoms with Crippen molar-refractivity contribution >= 4 is 10.0 Å². The molecular formula is C16H28N2O2S. The van der Waals surface area contributed by atoms with Gasteiger partial charge in [0.2, 0.25) is 10.0 Å². The number of nitrogens with one attached hydrogen (secondary N) is 1. The number of hydrogen-bond acceptors (Lipinski definition) is 3. The van der Waals surface area contributed by atoms with Crippen LogP contribution >= 0.6 is 0 Å². The Morgan fingerprint density at radius 2 is 2.00 bits per heavy atom. The molecule has 0 fully saturated rings. The normalized spacial score (nSPS) is 13.6. The molecule has 5 heteroatoms. The highest BCUT2D eigenvalue weighted by Crippen LogP contribution is 2.17. The van der Waals surface area contributed by atoms with Crippen LogP contribution in [-0.2, 0) is 16.6 Å². The number of benzene rings is 1. The van der Waals surface area contributed by atoms with E-state index in [2.05, 4.69) is 26.1 Å². The standard InChI is InChI=1S/C16H28N2O2S/c1-5-10-17-12-15-8-7-9-16(11-15)21(19,20)18(4)13-14(3)6-2/h7-9,11,14,17H,5-6,10,12-13H2,1-4H3. The SMILES string of the molecule is CCCNCc1cccc(S(=O)(=O)N(C)CC(C)CC)c1. The molecular weight excluding hydrogens is 284 g/mol. The largest absolute Gasteiger partial charge is 0.313 e. The van der Waals surface area contributed by atoms with Crippen molar-refractivity contribution in [2.75, 3.05) is 20.1 Å². The van der Waals surface area contributed by atoms with E-state index in [1.165, 1.54) is 4.31 Å². The van der Waals surface area contributed by atoms with Crippen LogP contribution in [0.5, 0.6) is 0 Å². The molecule has 0 amide bonds. The van der Waals surface area contributed by atoms with E-state index in [9.17, 15) is 8.42 Å². The Labute approximate surface area is 129 Å². The summed E-state index contributed by atoms with van der Waals surface area (Å²) in [7, 11) is -1.74. The maximum absolute atomic E-state index is 12.6. The second-order valence-electron chi connectivity index (χ2n) is 5.62. The van der Waals surface area contributed by atoms with Crippen LogP contribution in [0.2, 0.25) is 0 Å². The zero-order valence-electron chi connectivity index (χ0n) is 13.6. The van der Waals surface area contributed by atoms with Gasteiger partial charge in [0.1, 0.15) is 0 Å². The summed E-state index contributed by atoms with van der Waals surface area (Å²) in [4.78, 5) is 0.379. The van der Waals surface area contributed by atoms with Gasteiger partial charge in [-0.05, 0) is 36.6 Å². The predicted octanol–water partition coefficient (Wildman–Crippen LogP) is 2.85. The minimum Gasteiger partial charge on any atom is -0.313 e. The van der Waals surface area contributed by atoms with Crippen LogP contribution in [0.25, 0.3) is 0 Å². The number of hydrogen-bond donors (Lipinski definition) is 1. The number of nitrogens with zero attached hydrogens (tertiary/aromatic N) is 1. The lowest BCUT2D eigenvalue weighted by Crippen LogP contribution is -2.31. The van der Waals surface area contributed by atoms with Gasteiger partial charge in [0.25, 0.3) is 0 Å². The third kappa shape index (κ3) is 5.41. The molecule has 1 aromatic rings. The molecule has 1 atom stereocenters. The summed E-state index contributed by atoms with van der Waals surface area (Å²) in [5.41, 5.74) is 1.00. The minimum atomic E-state index is -3.39. The van der Waals surface area contributed by atoms with Crippen LogP contribution in [0.4, 0.5) is 0 Å². The Morgan fingerprint density at radius 1 is 1.29 bits per heavy atom. The van der Waals surface area contributed by atoms with Crippen molar-refractivity contribution < 1.29 is 8.42 Å². The van der Waals surface area contributed by atoms with Crippen LogP contribution in [-0.4, -0.2) is 32.9 Å². The molecule has 0 bridgehead atoms.